The maximum absolute atomic E-state index is 14.5. The van der Waals surface area contributed by atoms with Gasteiger partial charge in [-0.3, -0.25) is 10.1 Å². The fourth-order valence-electron chi connectivity index (χ4n) is 4.11. The van der Waals surface area contributed by atoms with Gasteiger partial charge in [0.2, 0.25) is 0 Å². The van der Waals surface area contributed by atoms with Crippen LogP contribution in [0, 0.1) is 33.4 Å². The highest BCUT2D eigenvalue weighted by Crippen LogP contribution is 2.54. The molecule has 0 spiro atoms. The van der Waals surface area contributed by atoms with Gasteiger partial charge in [0.1, 0.15) is 5.60 Å². The molecule has 2 bridgehead atoms. The number of carbonyl (C=O) groups is 1. The lowest BCUT2D eigenvalue weighted by molar-refractivity contribution is -0.384. The van der Waals surface area contributed by atoms with E-state index in [1.165, 1.54) is 25.1 Å². The van der Waals surface area contributed by atoms with E-state index in [-0.39, 0.29) is 28.8 Å². The fourth-order valence-corrected chi connectivity index (χ4v) is 4.11. The number of hydrogen-bond acceptors (Lipinski definition) is 4. The van der Waals surface area contributed by atoms with Crippen LogP contribution >= 0.6 is 0 Å². The van der Waals surface area contributed by atoms with E-state index in [0.29, 0.717) is 0 Å². The van der Waals surface area contributed by atoms with Crippen LogP contribution in [0.15, 0.2) is 36.4 Å². The van der Waals surface area contributed by atoms with Crippen LogP contribution in [-0.2, 0) is 4.74 Å². The van der Waals surface area contributed by atoms with E-state index in [0.717, 1.165) is 12.1 Å². The highest BCUT2D eigenvalue weighted by molar-refractivity contribution is 5.90. The van der Waals surface area contributed by atoms with Gasteiger partial charge in [-0.15, -0.1) is 0 Å². The Labute approximate surface area is 161 Å². The summed E-state index contributed by atoms with van der Waals surface area (Å²) in [6, 6.07) is 4.69. The van der Waals surface area contributed by atoms with Gasteiger partial charge in [0.05, 0.1) is 10.5 Å². The quantitative estimate of drug-likeness (QED) is 0.138. The van der Waals surface area contributed by atoms with Gasteiger partial charge in [-0.1, -0.05) is 12.2 Å². The average Bonchev–Trinajstić information content (AvgIpc) is 2.70. The number of rotatable bonds is 3. The molecule has 5 nitrogen and oxygen atoms in total. The Morgan fingerprint density at radius 2 is 1.62 bits per heavy atom. The maximum atomic E-state index is 14.5. The minimum Gasteiger partial charge on any atom is -0.455 e. The van der Waals surface area contributed by atoms with Crippen molar-refractivity contribution in [3.05, 3.63) is 86.5 Å². The molecule has 2 aromatic carbocycles. The summed E-state index contributed by atoms with van der Waals surface area (Å²) in [6.45, 7) is 1.50. The van der Waals surface area contributed by atoms with Gasteiger partial charge in [0.25, 0.3) is 5.69 Å². The molecule has 2 aromatic rings. The zero-order chi connectivity index (χ0) is 21.1. The monoisotopic (exact) mass is 407 g/mol. The van der Waals surface area contributed by atoms with Crippen molar-refractivity contribution in [3.63, 3.8) is 0 Å². The largest absolute Gasteiger partial charge is 0.455 e. The molecule has 0 unspecified atom stereocenters. The predicted octanol–water partition coefficient (Wildman–Crippen LogP) is 4.91. The molecule has 0 aliphatic heterocycles. The Bertz CT molecular complexity index is 1080. The molecule has 5 rings (SSSR count). The molecule has 3 atom stereocenters. The van der Waals surface area contributed by atoms with Gasteiger partial charge >= 0.3 is 5.97 Å². The van der Waals surface area contributed by atoms with Crippen LogP contribution in [0.4, 0.5) is 23.2 Å². The standard InChI is InChI=1S/C20H13F4NO4/c1-20(29-19(26)9-2-5-11(6-3-9)25(27)28)8-10-4-7-12(20)14-13(10)15(21)17(23)18(24)16(14)22/h2-7,10,12H,8H2,1H3/t10-,12+,20-/m0/s1. The SMILES string of the molecule is C[C@]1(OC(=O)c2ccc([N+](=O)[O-])cc2)C[C@@H]2C=C[C@@H]1c1c(F)c(F)c(F)c(F)c12. The summed E-state index contributed by atoms with van der Waals surface area (Å²) < 4.78 is 61.8. The minimum absolute atomic E-state index is 0.0272. The first-order valence-corrected chi connectivity index (χ1v) is 8.66. The Morgan fingerprint density at radius 3 is 2.21 bits per heavy atom. The Balaban J connectivity index is 1.69. The first-order chi connectivity index (χ1) is 13.6. The number of esters is 1. The van der Waals surface area contributed by atoms with Crippen molar-refractivity contribution >= 4 is 11.7 Å². The number of fused-ring (bicyclic) bond motifs is 1. The van der Waals surface area contributed by atoms with Gasteiger partial charge in [-0.2, -0.15) is 0 Å². The molecule has 0 radical (unpaired) electrons. The van der Waals surface area contributed by atoms with Crippen LogP contribution in [0.25, 0.3) is 0 Å². The number of carbonyl (C=O) groups excluding carboxylic acids is 1. The molecule has 150 valence electrons. The summed E-state index contributed by atoms with van der Waals surface area (Å²) in [6.07, 6.45) is 3.08. The lowest BCUT2D eigenvalue weighted by Crippen LogP contribution is -2.45. The van der Waals surface area contributed by atoms with Crippen molar-refractivity contribution in [2.24, 2.45) is 0 Å². The zero-order valence-corrected chi connectivity index (χ0v) is 14.9. The van der Waals surface area contributed by atoms with Gasteiger partial charge in [-0.05, 0) is 25.5 Å². The number of allylic oxidation sites excluding steroid dienone is 1. The number of nitro benzene ring substituents is 1. The van der Waals surface area contributed by atoms with Gasteiger partial charge in [-0.25, -0.2) is 22.4 Å². The molecular formula is C20H13F4NO4. The number of nitro groups is 1. The van der Waals surface area contributed by atoms with Gasteiger partial charge in [0, 0.05) is 35.1 Å². The highest BCUT2D eigenvalue weighted by Gasteiger charge is 2.51. The van der Waals surface area contributed by atoms with Crippen LogP contribution in [-0.4, -0.2) is 16.5 Å². The molecule has 0 heterocycles. The molecule has 29 heavy (non-hydrogen) atoms. The van der Waals surface area contributed by atoms with E-state index in [4.69, 9.17) is 4.74 Å². The first kappa shape index (κ1) is 19.1. The van der Waals surface area contributed by atoms with E-state index in [1.807, 2.05) is 0 Å². The number of hydrogen-bond donors (Lipinski definition) is 0. The van der Waals surface area contributed by atoms with Crippen LogP contribution in [0.5, 0.6) is 0 Å². The number of ether oxygens (including phenoxy) is 1. The Morgan fingerprint density at radius 1 is 1.03 bits per heavy atom. The first-order valence-electron chi connectivity index (χ1n) is 8.66. The summed E-state index contributed by atoms with van der Waals surface area (Å²) in [5.41, 5.74) is -2.16. The summed E-state index contributed by atoms with van der Waals surface area (Å²) in [4.78, 5) is 22.6. The smallest absolute Gasteiger partial charge is 0.338 e. The van der Waals surface area contributed by atoms with Crippen LogP contribution < -0.4 is 0 Å². The molecular weight excluding hydrogens is 394 g/mol. The zero-order valence-electron chi connectivity index (χ0n) is 14.9. The Kier molecular flexibility index (Phi) is 4.21. The second-order valence-electron chi connectivity index (χ2n) is 7.26. The maximum Gasteiger partial charge on any atom is 0.338 e. The van der Waals surface area contributed by atoms with Crippen molar-refractivity contribution in [3.8, 4) is 0 Å². The topological polar surface area (TPSA) is 69.4 Å². The van der Waals surface area contributed by atoms with Crippen molar-refractivity contribution in [1.82, 2.24) is 0 Å². The van der Waals surface area contributed by atoms with E-state index in [1.54, 1.807) is 6.08 Å². The summed E-state index contributed by atoms with van der Waals surface area (Å²) >= 11 is 0. The normalized spacial score (nSPS) is 24.3. The molecule has 0 N–H and O–H groups in total. The number of nitrogens with zero attached hydrogens (tertiary/aromatic N) is 1. The third kappa shape index (κ3) is 2.80. The summed E-state index contributed by atoms with van der Waals surface area (Å²) in [7, 11) is 0. The summed E-state index contributed by atoms with van der Waals surface area (Å²) in [5.74, 6) is -9.37. The Hall–Kier alpha value is -3.23. The van der Waals surface area contributed by atoms with E-state index >= 15 is 0 Å². The third-order valence-electron chi connectivity index (χ3n) is 5.48. The highest BCUT2D eigenvalue weighted by atomic mass is 19.2. The van der Waals surface area contributed by atoms with Gasteiger partial charge in [0.15, 0.2) is 23.3 Å². The molecule has 9 heteroatoms. The van der Waals surface area contributed by atoms with E-state index < -0.39 is 51.6 Å². The average molecular weight is 407 g/mol. The van der Waals surface area contributed by atoms with Crippen LogP contribution in [0.2, 0.25) is 0 Å². The summed E-state index contributed by atoms with van der Waals surface area (Å²) in [5, 5.41) is 10.7. The third-order valence-corrected chi connectivity index (χ3v) is 5.48. The second-order valence-corrected chi connectivity index (χ2v) is 7.26. The van der Waals surface area contributed by atoms with Crippen molar-refractivity contribution in [1.29, 1.82) is 0 Å². The minimum atomic E-state index is -1.91. The van der Waals surface area contributed by atoms with Crippen LogP contribution in [0.1, 0.15) is 46.7 Å². The second kappa shape index (κ2) is 6.40. The van der Waals surface area contributed by atoms with Gasteiger partial charge < -0.3 is 4.74 Å². The lowest BCUT2D eigenvalue weighted by atomic mass is 9.63. The fraction of sp³-hybridized carbons (Fsp3) is 0.250. The number of non-ortho nitro benzene ring substituents is 1. The van der Waals surface area contributed by atoms with Crippen molar-refractivity contribution in [2.75, 3.05) is 0 Å². The molecule has 0 saturated heterocycles. The molecule has 0 saturated carbocycles. The molecule has 0 fully saturated rings. The molecule has 3 aliphatic rings. The van der Waals surface area contributed by atoms with E-state index in [9.17, 15) is 32.5 Å². The number of benzene rings is 2. The van der Waals surface area contributed by atoms with Crippen molar-refractivity contribution < 1.29 is 32.0 Å². The molecule has 3 aliphatic carbocycles. The molecule has 0 amide bonds. The molecule has 0 aromatic heterocycles. The van der Waals surface area contributed by atoms with E-state index in [2.05, 4.69) is 0 Å². The predicted molar refractivity (Wildman–Crippen MR) is 92.4 cm³/mol. The lowest BCUT2D eigenvalue weighted by Gasteiger charge is -2.46. The van der Waals surface area contributed by atoms with Crippen molar-refractivity contribution in [2.45, 2.75) is 30.8 Å². The van der Waals surface area contributed by atoms with Crippen LogP contribution in [0.3, 0.4) is 0 Å². The number of halogens is 4.